The molecule has 0 bridgehead atoms. The van der Waals surface area contributed by atoms with Crippen LogP contribution in [0.1, 0.15) is 31.1 Å². The lowest BCUT2D eigenvalue weighted by Crippen LogP contribution is -2.52. The molecule has 0 spiro atoms. The van der Waals surface area contributed by atoms with Gasteiger partial charge in [0.2, 0.25) is 5.91 Å². The number of carbonyl (C=O) groups is 2. The van der Waals surface area contributed by atoms with Crippen molar-refractivity contribution in [3.63, 3.8) is 0 Å². The third-order valence-corrected chi connectivity index (χ3v) is 3.88. The predicted octanol–water partition coefficient (Wildman–Crippen LogP) is 2.01. The highest BCUT2D eigenvalue weighted by Gasteiger charge is 2.24. The molecule has 0 atom stereocenters. The van der Waals surface area contributed by atoms with Crippen LogP contribution in [0.2, 0.25) is 5.02 Å². The summed E-state index contributed by atoms with van der Waals surface area (Å²) in [6, 6.07) is 6.94. The van der Waals surface area contributed by atoms with E-state index in [4.69, 9.17) is 11.6 Å². The molecule has 1 heterocycles. The smallest absolute Gasteiger partial charge is 0.253 e. The molecular weight excluding hydrogens is 314 g/mol. The largest absolute Gasteiger partial charge is 0.350 e. The standard InChI is InChI=1S/C17H24ClN3O2/c1-17(2,3)19-15(22)12-20-8-10-21(11-9-20)16(23)13-4-6-14(18)7-5-13/h4-7H,8-12H2,1-3H3,(H,19,22). The molecule has 1 N–H and O–H groups in total. The maximum Gasteiger partial charge on any atom is 0.253 e. The Balaban J connectivity index is 1.83. The molecule has 0 unspecified atom stereocenters. The zero-order valence-electron chi connectivity index (χ0n) is 13.9. The third kappa shape index (κ3) is 5.52. The fraction of sp³-hybridized carbons (Fsp3) is 0.529. The molecule has 126 valence electrons. The van der Waals surface area contributed by atoms with Crippen LogP contribution in [0, 0.1) is 0 Å². The summed E-state index contributed by atoms with van der Waals surface area (Å²) >= 11 is 5.85. The van der Waals surface area contributed by atoms with Gasteiger partial charge in [0, 0.05) is 42.3 Å². The maximum absolute atomic E-state index is 12.4. The van der Waals surface area contributed by atoms with Gasteiger partial charge in [-0.15, -0.1) is 0 Å². The summed E-state index contributed by atoms with van der Waals surface area (Å²) in [7, 11) is 0. The molecule has 1 aliphatic rings. The van der Waals surface area contributed by atoms with E-state index in [1.807, 2.05) is 25.7 Å². The van der Waals surface area contributed by atoms with Crippen molar-refractivity contribution in [1.82, 2.24) is 15.1 Å². The number of piperazine rings is 1. The van der Waals surface area contributed by atoms with E-state index in [1.165, 1.54) is 0 Å². The first kappa shape index (κ1) is 17.8. The fourth-order valence-electron chi connectivity index (χ4n) is 2.54. The lowest BCUT2D eigenvalue weighted by atomic mass is 10.1. The number of nitrogens with zero attached hydrogens (tertiary/aromatic N) is 2. The number of carbonyl (C=O) groups excluding carboxylic acids is 2. The lowest BCUT2D eigenvalue weighted by Gasteiger charge is -2.35. The van der Waals surface area contributed by atoms with Gasteiger partial charge in [-0.05, 0) is 45.0 Å². The van der Waals surface area contributed by atoms with Crippen molar-refractivity contribution >= 4 is 23.4 Å². The lowest BCUT2D eigenvalue weighted by molar-refractivity contribution is -0.124. The molecule has 0 saturated carbocycles. The van der Waals surface area contributed by atoms with E-state index < -0.39 is 0 Å². The van der Waals surface area contributed by atoms with Crippen molar-refractivity contribution in [3.05, 3.63) is 34.9 Å². The summed E-state index contributed by atoms with van der Waals surface area (Å²) in [5.74, 6) is 0.0374. The van der Waals surface area contributed by atoms with E-state index >= 15 is 0 Å². The molecule has 1 aliphatic heterocycles. The minimum Gasteiger partial charge on any atom is -0.350 e. The molecule has 2 amide bonds. The van der Waals surface area contributed by atoms with Gasteiger partial charge in [0.1, 0.15) is 0 Å². The fourth-order valence-corrected chi connectivity index (χ4v) is 2.67. The highest BCUT2D eigenvalue weighted by atomic mass is 35.5. The molecule has 0 aliphatic carbocycles. The number of hydrogen-bond acceptors (Lipinski definition) is 3. The summed E-state index contributed by atoms with van der Waals surface area (Å²) in [6.45, 7) is 8.94. The second-order valence-electron chi connectivity index (χ2n) is 6.87. The number of nitrogens with one attached hydrogen (secondary N) is 1. The van der Waals surface area contributed by atoms with Crippen LogP contribution < -0.4 is 5.32 Å². The van der Waals surface area contributed by atoms with E-state index in [2.05, 4.69) is 10.2 Å². The Kier molecular flexibility index (Phi) is 5.65. The summed E-state index contributed by atoms with van der Waals surface area (Å²) in [4.78, 5) is 28.3. The maximum atomic E-state index is 12.4. The summed E-state index contributed by atoms with van der Waals surface area (Å²) in [6.07, 6.45) is 0. The van der Waals surface area contributed by atoms with Crippen LogP contribution in [0.15, 0.2) is 24.3 Å². The Labute approximate surface area is 142 Å². The second kappa shape index (κ2) is 7.32. The van der Waals surface area contributed by atoms with Gasteiger partial charge >= 0.3 is 0 Å². The summed E-state index contributed by atoms with van der Waals surface area (Å²) < 4.78 is 0. The van der Waals surface area contributed by atoms with Crippen LogP contribution in [0.3, 0.4) is 0 Å². The van der Waals surface area contributed by atoms with Crippen LogP contribution in [-0.4, -0.2) is 59.9 Å². The molecular formula is C17H24ClN3O2. The van der Waals surface area contributed by atoms with Crippen molar-refractivity contribution in [2.24, 2.45) is 0 Å². The number of halogens is 1. The molecule has 1 aromatic carbocycles. The van der Waals surface area contributed by atoms with Crippen molar-refractivity contribution in [3.8, 4) is 0 Å². The first-order valence-corrected chi connectivity index (χ1v) is 8.20. The number of amides is 2. The van der Waals surface area contributed by atoms with Crippen molar-refractivity contribution < 1.29 is 9.59 Å². The van der Waals surface area contributed by atoms with Crippen LogP contribution in [0.25, 0.3) is 0 Å². The zero-order chi connectivity index (χ0) is 17.0. The number of rotatable bonds is 3. The minimum atomic E-state index is -0.219. The van der Waals surface area contributed by atoms with Gasteiger partial charge in [-0.1, -0.05) is 11.6 Å². The van der Waals surface area contributed by atoms with Gasteiger partial charge in [-0.25, -0.2) is 0 Å². The molecule has 23 heavy (non-hydrogen) atoms. The SMILES string of the molecule is CC(C)(C)NC(=O)CN1CCN(C(=O)c2ccc(Cl)cc2)CC1. The van der Waals surface area contributed by atoms with Crippen LogP contribution >= 0.6 is 11.6 Å². The Morgan fingerprint density at radius 3 is 2.17 bits per heavy atom. The molecule has 0 radical (unpaired) electrons. The van der Waals surface area contributed by atoms with Crippen LogP contribution in [-0.2, 0) is 4.79 Å². The first-order chi connectivity index (χ1) is 10.7. The molecule has 2 rings (SSSR count). The van der Waals surface area contributed by atoms with E-state index in [-0.39, 0.29) is 17.4 Å². The van der Waals surface area contributed by atoms with Gasteiger partial charge in [-0.2, -0.15) is 0 Å². The normalized spacial score (nSPS) is 16.3. The monoisotopic (exact) mass is 337 g/mol. The number of hydrogen-bond donors (Lipinski definition) is 1. The average Bonchev–Trinajstić information content (AvgIpc) is 2.46. The average molecular weight is 338 g/mol. The molecule has 5 nitrogen and oxygen atoms in total. The molecule has 6 heteroatoms. The summed E-state index contributed by atoms with van der Waals surface area (Å²) in [5.41, 5.74) is 0.428. The van der Waals surface area contributed by atoms with Crippen molar-refractivity contribution in [1.29, 1.82) is 0 Å². The second-order valence-corrected chi connectivity index (χ2v) is 7.31. The Morgan fingerprint density at radius 2 is 1.65 bits per heavy atom. The Bertz CT molecular complexity index is 558. The van der Waals surface area contributed by atoms with Crippen LogP contribution in [0.4, 0.5) is 0 Å². The predicted molar refractivity (Wildman–Crippen MR) is 91.7 cm³/mol. The third-order valence-electron chi connectivity index (χ3n) is 3.63. The van der Waals surface area contributed by atoms with Crippen molar-refractivity contribution in [2.45, 2.75) is 26.3 Å². The quantitative estimate of drug-likeness (QED) is 0.918. The van der Waals surface area contributed by atoms with Gasteiger partial charge in [0.25, 0.3) is 5.91 Å². The first-order valence-electron chi connectivity index (χ1n) is 7.83. The van der Waals surface area contributed by atoms with Crippen molar-refractivity contribution in [2.75, 3.05) is 32.7 Å². The van der Waals surface area contributed by atoms with E-state index in [0.29, 0.717) is 43.3 Å². The molecule has 1 aromatic rings. The van der Waals surface area contributed by atoms with Crippen LogP contribution in [0.5, 0.6) is 0 Å². The highest BCUT2D eigenvalue weighted by Crippen LogP contribution is 2.13. The molecule has 1 saturated heterocycles. The van der Waals surface area contributed by atoms with Gasteiger partial charge in [0.05, 0.1) is 6.54 Å². The zero-order valence-corrected chi connectivity index (χ0v) is 14.7. The molecule has 0 aromatic heterocycles. The summed E-state index contributed by atoms with van der Waals surface area (Å²) in [5, 5.41) is 3.58. The van der Waals surface area contributed by atoms with Gasteiger partial charge in [0.15, 0.2) is 0 Å². The Hall–Kier alpha value is -1.59. The van der Waals surface area contributed by atoms with E-state index in [0.717, 1.165) is 0 Å². The molecule has 1 fully saturated rings. The topological polar surface area (TPSA) is 52.7 Å². The Morgan fingerprint density at radius 1 is 1.09 bits per heavy atom. The number of benzene rings is 1. The van der Waals surface area contributed by atoms with Gasteiger partial charge in [-0.3, -0.25) is 14.5 Å². The van der Waals surface area contributed by atoms with E-state index in [1.54, 1.807) is 24.3 Å². The minimum absolute atomic E-state index is 0.0143. The van der Waals surface area contributed by atoms with Gasteiger partial charge < -0.3 is 10.2 Å². The highest BCUT2D eigenvalue weighted by molar-refractivity contribution is 6.30. The van der Waals surface area contributed by atoms with E-state index in [9.17, 15) is 9.59 Å².